The largest absolute Gasteiger partial charge is 0.392 e. The maximum Gasteiger partial charge on any atom is 0.246 e. The molecule has 0 aromatic rings. The highest BCUT2D eigenvalue weighted by Gasteiger charge is 2.53. The Labute approximate surface area is 110 Å². The molecule has 1 saturated heterocycles. The second-order valence-corrected chi connectivity index (χ2v) is 5.53. The number of carbonyl (C=O) groups is 3. The molecule has 0 spiro atoms. The van der Waals surface area contributed by atoms with E-state index >= 15 is 0 Å². The van der Waals surface area contributed by atoms with Crippen molar-refractivity contribution in [3.05, 3.63) is 0 Å². The third-order valence-electron chi connectivity index (χ3n) is 3.51. The Morgan fingerprint density at radius 2 is 1.89 bits per heavy atom. The summed E-state index contributed by atoms with van der Waals surface area (Å²) in [4.78, 5) is 36.3. The van der Waals surface area contributed by atoms with Crippen LogP contribution in [0, 0.1) is 11.3 Å². The third-order valence-corrected chi connectivity index (χ3v) is 3.90. The van der Waals surface area contributed by atoms with Crippen LogP contribution < -0.4 is 11.1 Å². The summed E-state index contributed by atoms with van der Waals surface area (Å²) < 4.78 is 0. The second-order valence-electron chi connectivity index (χ2n) is 5.09. The van der Waals surface area contributed by atoms with E-state index in [4.69, 9.17) is 18.0 Å². The molecular formula is C11H15N3O3S. The highest BCUT2D eigenvalue weighted by atomic mass is 32.1. The van der Waals surface area contributed by atoms with E-state index in [0.717, 1.165) is 0 Å². The zero-order valence-corrected chi connectivity index (χ0v) is 10.9. The molecule has 1 aliphatic heterocycles. The van der Waals surface area contributed by atoms with Gasteiger partial charge < -0.3 is 10.6 Å². The van der Waals surface area contributed by atoms with E-state index < -0.39 is 17.2 Å². The van der Waals surface area contributed by atoms with Crippen LogP contribution in [0.5, 0.6) is 0 Å². The molecule has 1 heterocycles. The Bertz CT molecular complexity index is 427. The first-order chi connectivity index (χ1) is 8.35. The second kappa shape index (κ2) is 4.31. The molecule has 3 N–H and O–H groups in total. The maximum absolute atomic E-state index is 12.4. The molecule has 2 aliphatic rings. The van der Waals surface area contributed by atoms with Crippen LogP contribution in [0.25, 0.3) is 0 Å². The van der Waals surface area contributed by atoms with Gasteiger partial charge >= 0.3 is 0 Å². The van der Waals surface area contributed by atoms with E-state index in [1.165, 1.54) is 4.90 Å². The Morgan fingerprint density at radius 1 is 1.39 bits per heavy atom. The van der Waals surface area contributed by atoms with Crippen LogP contribution in [0.1, 0.15) is 19.8 Å². The van der Waals surface area contributed by atoms with Crippen molar-refractivity contribution >= 4 is 34.9 Å². The average molecular weight is 269 g/mol. The summed E-state index contributed by atoms with van der Waals surface area (Å²) >= 11 is 4.98. The van der Waals surface area contributed by atoms with Crippen molar-refractivity contribution < 1.29 is 14.4 Å². The number of imide groups is 1. The minimum absolute atomic E-state index is 0.108. The predicted octanol–water partition coefficient (Wildman–Crippen LogP) is -0.826. The van der Waals surface area contributed by atoms with Crippen LogP contribution in [0.4, 0.5) is 0 Å². The first-order valence-corrected chi connectivity index (χ1v) is 6.18. The lowest BCUT2D eigenvalue weighted by atomic mass is 9.61. The van der Waals surface area contributed by atoms with Crippen LogP contribution in [0.3, 0.4) is 0 Å². The van der Waals surface area contributed by atoms with Crippen LogP contribution >= 0.6 is 12.2 Å². The van der Waals surface area contributed by atoms with Gasteiger partial charge in [-0.25, -0.2) is 0 Å². The van der Waals surface area contributed by atoms with Crippen LogP contribution in [0.2, 0.25) is 0 Å². The monoisotopic (exact) mass is 269 g/mol. The zero-order valence-electron chi connectivity index (χ0n) is 10.1. The molecule has 0 aromatic heterocycles. The highest BCUT2D eigenvalue weighted by molar-refractivity contribution is 7.80. The quantitative estimate of drug-likeness (QED) is 0.504. The number of nitrogens with one attached hydrogen (secondary N) is 1. The van der Waals surface area contributed by atoms with Crippen LogP contribution in [0.15, 0.2) is 0 Å². The van der Waals surface area contributed by atoms with Gasteiger partial charge in [-0.2, -0.15) is 0 Å². The number of nitrogens with zero attached hydrogens (tertiary/aromatic N) is 1. The fraction of sp³-hybridized carbons (Fsp3) is 0.636. The fourth-order valence-electron chi connectivity index (χ4n) is 2.69. The Balaban J connectivity index is 2.17. The lowest BCUT2D eigenvalue weighted by Gasteiger charge is -2.46. The van der Waals surface area contributed by atoms with E-state index in [-0.39, 0.29) is 24.0 Å². The minimum Gasteiger partial charge on any atom is -0.392 e. The first-order valence-electron chi connectivity index (χ1n) is 5.77. The number of hydrogen-bond donors (Lipinski definition) is 2. The summed E-state index contributed by atoms with van der Waals surface area (Å²) in [5, 5.41) is 2.15. The van der Waals surface area contributed by atoms with Gasteiger partial charge in [-0.05, 0) is 18.8 Å². The van der Waals surface area contributed by atoms with Gasteiger partial charge in [0.15, 0.2) is 0 Å². The molecule has 0 aromatic carbocycles. The average Bonchev–Trinajstić information content (AvgIpc) is 2.21. The number of hydrogen-bond acceptors (Lipinski definition) is 4. The van der Waals surface area contributed by atoms with Gasteiger partial charge in [0.25, 0.3) is 0 Å². The number of rotatable bonds is 2. The van der Waals surface area contributed by atoms with E-state index in [9.17, 15) is 14.4 Å². The SMILES string of the molecule is CC1CC(C(=O)N2CC(=O)NC(=O)C2)(C(N)=S)C1. The van der Waals surface area contributed by atoms with Gasteiger partial charge in [0.1, 0.15) is 13.1 Å². The van der Waals surface area contributed by atoms with E-state index in [1.807, 2.05) is 6.92 Å². The molecule has 2 fully saturated rings. The maximum atomic E-state index is 12.4. The summed E-state index contributed by atoms with van der Waals surface area (Å²) in [5.74, 6) is -0.851. The van der Waals surface area contributed by atoms with Crippen molar-refractivity contribution in [2.45, 2.75) is 19.8 Å². The number of nitrogens with two attached hydrogens (primary N) is 1. The van der Waals surface area contributed by atoms with Gasteiger partial charge in [-0.1, -0.05) is 19.1 Å². The topological polar surface area (TPSA) is 92.5 Å². The van der Waals surface area contributed by atoms with Crippen molar-refractivity contribution in [1.29, 1.82) is 0 Å². The first kappa shape index (κ1) is 12.9. The van der Waals surface area contributed by atoms with Crippen molar-refractivity contribution in [2.75, 3.05) is 13.1 Å². The molecule has 98 valence electrons. The number of thiocarbonyl (C=S) groups is 1. The molecule has 1 saturated carbocycles. The summed E-state index contributed by atoms with van der Waals surface area (Å²) in [7, 11) is 0. The van der Waals surface area contributed by atoms with Crippen molar-refractivity contribution in [2.24, 2.45) is 17.1 Å². The van der Waals surface area contributed by atoms with E-state index in [1.54, 1.807) is 0 Å². The molecule has 1 aliphatic carbocycles. The predicted molar refractivity (Wildman–Crippen MR) is 67.3 cm³/mol. The molecule has 3 amide bonds. The molecule has 6 nitrogen and oxygen atoms in total. The Morgan fingerprint density at radius 3 is 2.28 bits per heavy atom. The number of amides is 3. The molecule has 0 atom stereocenters. The molecule has 0 radical (unpaired) electrons. The summed E-state index contributed by atoms with van der Waals surface area (Å²) in [5.41, 5.74) is 4.82. The van der Waals surface area contributed by atoms with Gasteiger partial charge in [-0.15, -0.1) is 0 Å². The Kier molecular flexibility index (Phi) is 3.10. The van der Waals surface area contributed by atoms with E-state index in [0.29, 0.717) is 18.8 Å². The van der Waals surface area contributed by atoms with Gasteiger partial charge in [0.2, 0.25) is 17.7 Å². The molecule has 7 heteroatoms. The van der Waals surface area contributed by atoms with Crippen molar-refractivity contribution in [3.63, 3.8) is 0 Å². The highest BCUT2D eigenvalue weighted by Crippen LogP contribution is 2.47. The smallest absolute Gasteiger partial charge is 0.246 e. The van der Waals surface area contributed by atoms with E-state index in [2.05, 4.69) is 5.32 Å². The van der Waals surface area contributed by atoms with Crippen LogP contribution in [-0.4, -0.2) is 40.7 Å². The molecule has 2 rings (SSSR count). The normalized spacial score (nSPS) is 31.6. The van der Waals surface area contributed by atoms with Gasteiger partial charge in [0.05, 0.1) is 10.4 Å². The fourth-order valence-corrected chi connectivity index (χ4v) is 2.95. The van der Waals surface area contributed by atoms with Gasteiger partial charge in [-0.3, -0.25) is 19.7 Å². The summed E-state index contributed by atoms with van der Waals surface area (Å²) in [6, 6.07) is 0. The summed E-state index contributed by atoms with van der Waals surface area (Å²) in [6.07, 6.45) is 1.18. The van der Waals surface area contributed by atoms with Crippen LogP contribution in [-0.2, 0) is 14.4 Å². The number of carbonyl (C=O) groups excluding carboxylic acids is 3. The molecule has 0 bridgehead atoms. The summed E-state index contributed by atoms with van der Waals surface area (Å²) in [6.45, 7) is 1.80. The molecule has 0 unspecified atom stereocenters. The lowest BCUT2D eigenvalue weighted by molar-refractivity contribution is -0.152. The third kappa shape index (κ3) is 1.98. The molecular weight excluding hydrogens is 254 g/mol. The minimum atomic E-state index is -0.855. The van der Waals surface area contributed by atoms with Gasteiger partial charge in [0, 0.05) is 0 Å². The standard InChI is InChI=1S/C11H15N3O3S/c1-6-2-11(3-6,9(12)18)10(17)14-4-7(15)13-8(16)5-14/h6H,2-5H2,1H3,(H2,12,18)(H,13,15,16). The van der Waals surface area contributed by atoms with Crippen molar-refractivity contribution in [1.82, 2.24) is 10.2 Å². The zero-order chi connectivity index (χ0) is 13.5. The molecule has 18 heavy (non-hydrogen) atoms. The Hall–Kier alpha value is -1.50. The lowest BCUT2D eigenvalue weighted by Crippen LogP contribution is -2.62. The number of piperazine rings is 1. The van der Waals surface area contributed by atoms with Crippen molar-refractivity contribution in [3.8, 4) is 0 Å².